The maximum atomic E-state index is 14.0. The van der Waals surface area contributed by atoms with Crippen LogP contribution in [0.2, 0.25) is 10.0 Å². The number of carbonyl (C=O) groups is 2. The SMILES string of the molecule is CCS(=O)(=O)c1ccc(Cl)cc1CNC(=O)c1cc(C(F)(F)F)c(CN2CCN(C(=O)O)CC2)c(Cl)c1N. The molecule has 208 valence electrons. The maximum absolute atomic E-state index is 14.0. The zero-order chi connectivity index (χ0) is 28.4. The fraction of sp³-hybridized carbons (Fsp3) is 0.391. The van der Waals surface area contributed by atoms with Crippen LogP contribution in [0.5, 0.6) is 0 Å². The molecule has 38 heavy (non-hydrogen) atoms. The van der Waals surface area contributed by atoms with Crippen LogP contribution in [-0.2, 0) is 29.1 Å². The van der Waals surface area contributed by atoms with Crippen molar-refractivity contribution in [3.63, 3.8) is 0 Å². The Morgan fingerprint density at radius 2 is 1.76 bits per heavy atom. The number of rotatable bonds is 7. The molecule has 2 aromatic carbocycles. The zero-order valence-electron chi connectivity index (χ0n) is 20.1. The van der Waals surface area contributed by atoms with Gasteiger partial charge in [0.25, 0.3) is 5.91 Å². The minimum Gasteiger partial charge on any atom is -0.465 e. The second-order valence-corrected chi connectivity index (χ2v) is 11.6. The molecular formula is C23H25Cl2F3N4O5S. The van der Waals surface area contributed by atoms with Gasteiger partial charge in [-0.25, -0.2) is 13.2 Å². The number of benzene rings is 2. The van der Waals surface area contributed by atoms with Gasteiger partial charge in [-0.1, -0.05) is 30.1 Å². The van der Waals surface area contributed by atoms with Crippen LogP contribution in [0.4, 0.5) is 23.7 Å². The van der Waals surface area contributed by atoms with Gasteiger partial charge < -0.3 is 21.1 Å². The number of nitrogens with two attached hydrogens (primary N) is 1. The third kappa shape index (κ3) is 6.63. The van der Waals surface area contributed by atoms with Crippen LogP contribution in [0, 0.1) is 0 Å². The van der Waals surface area contributed by atoms with E-state index in [-0.39, 0.29) is 71.8 Å². The van der Waals surface area contributed by atoms with Crippen molar-refractivity contribution in [1.29, 1.82) is 0 Å². The number of carboxylic acid groups (broad SMARTS) is 1. The van der Waals surface area contributed by atoms with E-state index in [1.807, 2.05) is 0 Å². The normalized spacial score (nSPS) is 14.9. The molecule has 0 unspecified atom stereocenters. The Labute approximate surface area is 227 Å². The number of hydrogen-bond acceptors (Lipinski definition) is 6. The van der Waals surface area contributed by atoms with E-state index in [0.29, 0.717) is 6.07 Å². The van der Waals surface area contributed by atoms with Gasteiger partial charge >= 0.3 is 12.3 Å². The third-order valence-corrected chi connectivity index (χ3v) is 8.65. The molecule has 9 nitrogen and oxygen atoms in total. The fourth-order valence-electron chi connectivity index (χ4n) is 4.04. The minimum atomic E-state index is -4.88. The van der Waals surface area contributed by atoms with Crippen LogP contribution in [-0.4, -0.2) is 67.3 Å². The summed E-state index contributed by atoms with van der Waals surface area (Å²) in [5, 5.41) is 11.2. The summed E-state index contributed by atoms with van der Waals surface area (Å²) in [6.45, 7) is 1.44. The predicted octanol–water partition coefficient (Wildman–Crippen LogP) is 4.11. The molecule has 0 bridgehead atoms. The lowest BCUT2D eigenvalue weighted by molar-refractivity contribution is -0.138. The van der Waals surface area contributed by atoms with E-state index in [1.54, 1.807) is 4.90 Å². The van der Waals surface area contributed by atoms with Crippen molar-refractivity contribution in [2.75, 3.05) is 37.7 Å². The van der Waals surface area contributed by atoms with Crippen molar-refractivity contribution in [2.24, 2.45) is 0 Å². The number of carbonyl (C=O) groups excluding carboxylic acids is 1. The van der Waals surface area contributed by atoms with Gasteiger partial charge in [0.15, 0.2) is 9.84 Å². The Hall–Kier alpha value is -2.74. The molecule has 1 heterocycles. The van der Waals surface area contributed by atoms with Gasteiger partial charge in [0.2, 0.25) is 0 Å². The smallest absolute Gasteiger partial charge is 0.416 e. The number of nitrogens with one attached hydrogen (secondary N) is 1. The van der Waals surface area contributed by atoms with Gasteiger partial charge in [-0.05, 0) is 35.4 Å². The topological polar surface area (TPSA) is 133 Å². The highest BCUT2D eigenvalue weighted by Crippen LogP contribution is 2.40. The Morgan fingerprint density at radius 1 is 1.13 bits per heavy atom. The monoisotopic (exact) mass is 596 g/mol. The number of hydrogen-bond donors (Lipinski definition) is 3. The highest BCUT2D eigenvalue weighted by atomic mass is 35.5. The predicted molar refractivity (Wildman–Crippen MR) is 136 cm³/mol. The van der Waals surface area contributed by atoms with E-state index < -0.39 is 44.2 Å². The number of piperazine rings is 1. The average Bonchev–Trinajstić information content (AvgIpc) is 2.85. The highest BCUT2D eigenvalue weighted by molar-refractivity contribution is 7.91. The molecule has 0 spiro atoms. The van der Waals surface area contributed by atoms with E-state index in [2.05, 4.69) is 5.32 Å². The highest BCUT2D eigenvalue weighted by Gasteiger charge is 2.37. The maximum Gasteiger partial charge on any atom is 0.416 e. The summed E-state index contributed by atoms with van der Waals surface area (Å²) in [5.41, 5.74) is 3.77. The molecule has 1 aliphatic rings. The molecule has 0 atom stereocenters. The number of sulfone groups is 1. The molecule has 1 aliphatic heterocycles. The number of amides is 2. The third-order valence-electron chi connectivity index (χ3n) is 6.16. The van der Waals surface area contributed by atoms with Gasteiger partial charge in [-0.15, -0.1) is 0 Å². The lowest BCUT2D eigenvalue weighted by atomic mass is 9.99. The lowest BCUT2D eigenvalue weighted by Crippen LogP contribution is -2.48. The molecule has 2 amide bonds. The Morgan fingerprint density at radius 3 is 2.32 bits per heavy atom. The van der Waals surface area contributed by atoms with Crippen LogP contribution in [0.1, 0.15) is 34.0 Å². The first-order valence-electron chi connectivity index (χ1n) is 11.3. The number of anilines is 1. The molecule has 0 saturated carbocycles. The standard InChI is InChI=1S/C23H25Cl2F3N4O5S/c1-2-38(36,37)18-4-3-14(24)9-13(18)11-30-21(33)15-10-17(23(26,27)28)16(19(25)20(15)29)12-31-5-7-32(8-6-31)22(34)35/h3-4,9-10H,2,5-8,11-12,29H2,1H3,(H,30,33)(H,34,35). The molecule has 4 N–H and O–H groups in total. The number of halogens is 5. The number of nitrogen functional groups attached to an aromatic ring is 1. The van der Waals surface area contributed by atoms with Crippen LogP contribution in [0.25, 0.3) is 0 Å². The van der Waals surface area contributed by atoms with E-state index >= 15 is 0 Å². The Bertz CT molecular complexity index is 1350. The largest absolute Gasteiger partial charge is 0.465 e. The van der Waals surface area contributed by atoms with Gasteiger partial charge in [0.05, 0.1) is 32.5 Å². The molecule has 3 rings (SSSR count). The van der Waals surface area contributed by atoms with Gasteiger partial charge in [0, 0.05) is 44.3 Å². The molecule has 2 aromatic rings. The molecule has 0 aromatic heterocycles. The first-order valence-corrected chi connectivity index (χ1v) is 13.7. The zero-order valence-corrected chi connectivity index (χ0v) is 22.4. The van der Waals surface area contributed by atoms with Crippen LogP contribution >= 0.6 is 23.2 Å². The average molecular weight is 597 g/mol. The van der Waals surface area contributed by atoms with Gasteiger partial charge in [-0.2, -0.15) is 13.2 Å². The fourth-order valence-corrected chi connectivity index (χ4v) is 5.62. The Balaban J connectivity index is 1.90. The first-order chi connectivity index (χ1) is 17.7. The molecule has 0 radical (unpaired) electrons. The second-order valence-electron chi connectivity index (χ2n) is 8.56. The van der Waals surface area contributed by atoms with Crippen molar-refractivity contribution < 1.29 is 36.3 Å². The minimum absolute atomic E-state index is 0.0648. The molecule has 1 fully saturated rings. The summed E-state index contributed by atoms with van der Waals surface area (Å²) in [6.07, 6.45) is -5.99. The summed E-state index contributed by atoms with van der Waals surface area (Å²) < 4.78 is 66.9. The second kappa shape index (κ2) is 11.6. The quantitative estimate of drug-likeness (QED) is 0.409. The van der Waals surface area contributed by atoms with Crippen molar-refractivity contribution in [3.8, 4) is 0 Å². The lowest BCUT2D eigenvalue weighted by Gasteiger charge is -2.34. The molecule has 0 aliphatic carbocycles. The summed E-state index contributed by atoms with van der Waals surface area (Å²) >= 11 is 12.2. The van der Waals surface area contributed by atoms with E-state index in [9.17, 15) is 31.2 Å². The molecule has 15 heteroatoms. The van der Waals surface area contributed by atoms with Crippen molar-refractivity contribution in [1.82, 2.24) is 15.1 Å². The molecule has 1 saturated heterocycles. The van der Waals surface area contributed by atoms with Crippen LogP contribution in [0.15, 0.2) is 29.2 Å². The van der Waals surface area contributed by atoms with E-state index in [0.717, 1.165) is 4.90 Å². The van der Waals surface area contributed by atoms with Crippen molar-refractivity contribution in [2.45, 2.75) is 31.1 Å². The summed E-state index contributed by atoms with van der Waals surface area (Å²) in [5.74, 6) is -1.20. The van der Waals surface area contributed by atoms with Crippen molar-refractivity contribution in [3.05, 3.63) is 56.6 Å². The van der Waals surface area contributed by atoms with Crippen LogP contribution < -0.4 is 11.1 Å². The van der Waals surface area contributed by atoms with Gasteiger partial charge in [0.1, 0.15) is 0 Å². The number of alkyl halides is 3. The van der Waals surface area contributed by atoms with Gasteiger partial charge in [-0.3, -0.25) is 9.69 Å². The van der Waals surface area contributed by atoms with Crippen LogP contribution in [0.3, 0.4) is 0 Å². The summed E-state index contributed by atoms with van der Waals surface area (Å²) in [6, 6.07) is 4.62. The van der Waals surface area contributed by atoms with E-state index in [4.69, 9.17) is 34.0 Å². The van der Waals surface area contributed by atoms with E-state index in [1.165, 1.54) is 25.1 Å². The first kappa shape index (κ1) is 29.8. The summed E-state index contributed by atoms with van der Waals surface area (Å²) in [4.78, 5) is 26.7. The number of nitrogens with zero attached hydrogens (tertiary/aromatic N) is 2. The Kier molecular flexibility index (Phi) is 9.07. The molecular weight excluding hydrogens is 572 g/mol. The van der Waals surface area contributed by atoms with Crippen molar-refractivity contribution >= 4 is 50.7 Å². The summed E-state index contributed by atoms with van der Waals surface area (Å²) in [7, 11) is -3.67.